The lowest BCUT2D eigenvalue weighted by molar-refractivity contribution is -0.122. The molecule has 0 aliphatic carbocycles. The lowest BCUT2D eigenvalue weighted by Crippen LogP contribution is -2.42. The van der Waals surface area contributed by atoms with E-state index in [0.717, 1.165) is 44.7 Å². The molecule has 24 heavy (non-hydrogen) atoms. The fraction of sp³-hybridized carbons (Fsp3) is 0.667. The van der Waals surface area contributed by atoms with Crippen molar-refractivity contribution >= 4 is 5.91 Å². The summed E-state index contributed by atoms with van der Waals surface area (Å²) in [4.78, 5) is 20.6. The highest BCUT2D eigenvalue weighted by Gasteiger charge is 2.21. The molecule has 1 amide bonds. The molecule has 0 bridgehead atoms. The van der Waals surface area contributed by atoms with Crippen LogP contribution in [0, 0.1) is 5.92 Å². The second-order valence-electron chi connectivity index (χ2n) is 6.89. The SMILES string of the molecule is CC(O)CN1CCC(CN(C)CC(=O)NCc2ccccn2)CC1. The third-order valence-corrected chi connectivity index (χ3v) is 4.41. The van der Waals surface area contributed by atoms with Crippen molar-refractivity contribution in [1.82, 2.24) is 20.1 Å². The number of aromatic nitrogens is 1. The average Bonchev–Trinajstić information content (AvgIpc) is 2.55. The number of likely N-dealkylation sites (tertiary alicyclic amines) is 1. The van der Waals surface area contributed by atoms with E-state index in [4.69, 9.17) is 0 Å². The predicted molar refractivity (Wildman–Crippen MR) is 94.4 cm³/mol. The van der Waals surface area contributed by atoms with Gasteiger partial charge in [0, 0.05) is 19.3 Å². The van der Waals surface area contributed by atoms with Gasteiger partial charge in [-0.25, -0.2) is 0 Å². The smallest absolute Gasteiger partial charge is 0.234 e. The number of β-amino-alcohol motifs (C(OH)–C–C–N with tert-alkyl or cyclic N) is 1. The van der Waals surface area contributed by atoms with Gasteiger partial charge in [-0.2, -0.15) is 0 Å². The average molecular weight is 334 g/mol. The number of carbonyl (C=O) groups is 1. The van der Waals surface area contributed by atoms with Gasteiger partial charge in [-0.3, -0.25) is 14.7 Å². The molecule has 0 aromatic carbocycles. The summed E-state index contributed by atoms with van der Waals surface area (Å²) in [5.41, 5.74) is 0.874. The molecule has 0 spiro atoms. The van der Waals surface area contributed by atoms with E-state index < -0.39 is 0 Å². The van der Waals surface area contributed by atoms with Gasteiger partial charge in [-0.05, 0) is 58.0 Å². The van der Waals surface area contributed by atoms with Crippen molar-refractivity contribution in [2.45, 2.75) is 32.4 Å². The van der Waals surface area contributed by atoms with E-state index in [-0.39, 0.29) is 12.0 Å². The number of aliphatic hydroxyl groups is 1. The summed E-state index contributed by atoms with van der Waals surface area (Å²) in [6.45, 7) is 6.51. The molecular weight excluding hydrogens is 304 g/mol. The van der Waals surface area contributed by atoms with Crippen LogP contribution >= 0.6 is 0 Å². The number of pyridine rings is 1. The van der Waals surface area contributed by atoms with E-state index in [9.17, 15) is 9.90 Å². The third kappa shape index (κ3) is 6.95. The normalized spacial score (nSPS) is 17.8. The van der Waals surface area contributed by atoms with Crippen LogP contribution < -0.4 is 5.32 Å². The molecule has 6 nitrogen and oxygen atoms in total. The number of nitrogens with zero attached hydrogens (tertiary/aromatic N) is 3. The van der Waals surface area contributed by atoms with Crippen molar-refractivity contribution in [2.24, 2.45) is 5.92 Å². The summed E-state index contributed by atoms with van der Waals surface area (Å²) in [5, 5.41) is 12.4. The molecule has 2 heterocycles. The van der Waals surface area contributed by atoms with Gasteiger partial charge in [0.2, 0.25) is 5.91 Å². The van der Waals surface area contributed by atoms with Crippen molar-refractivity contribution in [2.75, 3.05) is 39.8 Å². The molecule has 2 rings (SSSR count). The highest BCUT2D eigenvalue weighted by molar-refractivity contribution is 5.77. The summed E-state index contributed by atoms with van der Waals surface area (Å²) in [6.07, 6.45) is 3.74. The maximum Gasteiger partial charge on any atom is 0.234 e. The van der Waals surface area contributed by atoms with Crippen molar-refractivity contribution in [3.8, 4) is 0 Å². The molecule has 1 atom stereocenters. The Balaban J connectivity index is 1.62. The summed E-state index contributed by atoms with van der Waals surface area (Å²) in [5.74, 6) is 0.665. The Morgan fingerprint density at radius 1 is 1.46 bits per heavy atom. The number of nitrogens with one attached hydrogen (secondary N) is 1. The van der Waals surface area contributed by atoms with Gasteiger partial charge in [0.25, 0.3) is 0 Å². The first kappa shape index (κ1) is 18.8. The summed E-state index contributed by atoms with van der Waals surface area (Å²) in [7, 11) is 2.00. The zero-order valence-corrected chi connectivity index (χ0v) is 14.8. The summed E-state index contributed by atoms with van der Waals surface area (Å²) >= 11 is 0. The molecule has 1 aliphatic heterocycles. The molecular formula is C18H30N4O2. The third-order valence-electron chi connectivity index (χ3n) is 4.41. The largest absolute Gasteiger partial charge is 0.392 e. The quantitative estimate of drug-likeness (QED) is 0.733. The summed E-state index contributed by atoms with van der Waals surface area (Å²) in [6, 6.07) is 5.70. The van der Waals surface area contributed by atoms with Crippen LogP contribution in [-0.2, 0) is 11.3 Å². The maximum absolute atomic E-state index is 12.0. The zero-order valence-electron chi connectivity index (χ0n) is 14.8. The first-order valence-corrected chi connectivity index (χ1v) is 8.78. The minimum Gasteiger partial charge on any atom is -0.392 e. The Morgan fingerprint density at radius 2 is 2.21 bits per heavy atom. The fourth-order valence-corrected chi connectivity index (χ4v) is 3.22. The van der Waals surface area contributed by atoms with Gasteiger partial charge >= 0.3 is 0 Å². The monoisotopic (exact) mass is 334 g/mol. The second kappa shape index (κ2) is 9.71. The number of likely N-dealkylation sites (N-methyl/N-ethyl adjacent to an activating group) is 1. The molecule has 2 N–H and O–H groups in total. The topological polar surface area (TPSA) is 68.7 Å². The molecule has 134 valence electrons. The highest BCUT2D eigenvalue weighted by atomic mass is 16.3. The first-order chi connectivity index (χ1) is 11.5. The molecule has 1 aromatic rings. The molecule has 1 saturated heterocycles. The van der Waals surface area contributed by atoms with Gasteiger partial charge in [0.1, 0.15) is 0 Å². The van der Waals surface area contributed by atoms with Crippen LogP contribution in [0.15, 0.2) is 24.4 Å². The highest BCUT2D eigenvalue weighted by Crippen LogP contribution is 2.18. The Bertz CT molecular complexity index is 487. The number of aliphatic hydroxyl groups excluding tert-OH is 1. The van der Waals surface area contributed by atoms with Crippen molar-refractivity contribution in [3.05, 3.63) is 30.1 Å². The van der Waals surface area contributed by atoms with Crippen LogP contribution in [0.5, 0.6) is 0 Å². The molecule has 1 unspecified atom stereocenters. The Hall–Kier alpha value is -1.50. The molecule has 0 radical (unpaired) electrons. The van der Waals surface area contributed by atoms with Crippen molar-refractivity contribution < 1.29 is 9.90 Å². The van der Waals surface area contributed by atoms with E-state index >= 15 is 0 Å². The fourth-order valence-electron chi connectivity index (χ4n) is 3.22. The number of hydrogen-bond acceptors (Lipinski definition) is 5. The van der Waals surface area contributed by atoms with E-state index in [1.54, 1.807) is 6.20 Å². The maximum atomic E-state index is 12.0. The van der Waals surface area contributed by atoms with E-state index in [1.165, 1.54) is 0 Å². The number of amides is 1. The molecule has 1 fully saturated rings. The number of hydrogen-bond donors (Lipinski definition) is 2. The van der Waals surface area contributed by atoms with E-state index in [0.29, 0.717) is 19.0 Å². The Labute approximate surface area is 144 Å². The van der Waals surface area contributed by atoms with Crippen molar-refractivity contribution in [3.63, 3.8) is 0 Å². The summed E-state index contributed by atoms with van der Waals surface area (Å²) < 4.78 is 0. The van der Waals surface area contributed by atoms with Crippen LogP contribution in [0.25, 0.3) is 0 Å². The molecule has 1 aromatic heterocycles. The van der Waals surface area contributed by atoms with Gasteiger partial charge in [0.15, 0.2) is 0 Å². The standard InChI is InChI=1S/C18H30N4O2/c1-15(23)12-22-9-6-16(7-10-22)13-21(2)14-18(24)20-11-17-5-3-4-8-19-17/h3-5,8,15-16,23H,6-7,9-14H2,1-2H3,(H,20,24). The Kier molecular flexibility index (Phi) is 7.62. The lowest BCUT2D eigenvalue weighted by atomic mass is 9.96. The van der Waals surface area contributed by atoms with Gasteiger partial charge in [-0.15, -0.1) is 0 Å². The Morgan fingerprint density at radius 3 is 2.83 bits per heavy atom. The number of piperidine rings is 1. The first-order valence-electron chi connectivity index (χ1n) is 8.78. The number of rotatable bonds is 8. The zero-order chi connectivity index (χ0) is 17.4. The minimum absolute atomic E-state index is 0.0368. The molecule has 0 saturated carbocycles. The predicted octanol–water partition coefficient (Wildman–Crippen LogP) is 0.722. The van der Waals surface area contributed by atoms with Crippen LogP contribution in [0.4, 0.5) is 0 Å². The molecule has 1 aliphatic rings. The van der Waals surface area contributed by atoms with Gasteiger partial charge in [-0.1, -0.05) is 6.07 Å². The van der Waals surface area contributed by atoms with Crippen LogP contribution in [0.1, 0.15) is 25.5 Å². The van der Waals surface area contributed by atoms with Crippen LogP contribution in [-0.4, -0.2) is 71.7 Å². The molecule has 6 heteroatoms. The van der Waals surface area contributed by atoms with Crippen molar-refractivity contribution in [1.29, 1.82) is 0 Å². The van der Waals surface area contributed by atoms with Gasteiger partial charge < -0.3 is 15.3 Å². The lowest BCUT2D eigenvalue weighted by Gasteiger charge is -2.34. The van der Waals surface area contributed by atoms with Gasteiger partial charge in [0.05, 0.1) is 24.9 Å². The van der Waals surface area contributed by atoms with E-state index in [1.807, 2.05) is 32.2 Å². The number of carbonyl (C=O) groups excluding carboxylic acids is 1. The van der Waals surface area contributed by atoms with Crippen LogP contribution in [0.2, 0.25) is 0 Å². The minimum atomic E-state index is -0.257. The van der Waals surface area contributed by atoms with Crippen LogP contribution in [0.3, 0.4) is 0 Å². The van der Waals surface area contributed by atoms with E-state index in [2.05, 4.69) is 20.1 Å². The second-order valence-corrected chi connectivity index (χ2v) is 6.89.